The summed E-state index contributed by atoms with van der Waals surface area (Å²) in [5.74, 6) is -0.434. The van der Waals surface area contributed by atoms with Crippen molar-refractivity contribution >= 4 is 28.9 Å². The van der Waals surface area contributed by atoms with Crippen LogP contribution in [0.1, 0.15) is 22.4 Å². The molecule has 0 saturated carbocycles. The Balaban J connectivity index is 2.16. The third-order valence-corrected chi connectivity index (χ3v) is 3.14. The zero-order valence-electron chi connectivity index (χ0n) is 8.96. The zero-order chi connectivity index (χ0) is 12.3. The van der Waals surface area contributed by atoms with Gasteiger partial charge in [-0.1, -0.05) is 11.6 Å². The van der Waals surface area contributed by atoms with E-state index in [1.807, 2.05) is 6.07 Å². The van der Waals surface area contributed by atoms with Gasteiger partial charge < -0.3 is 4.74 Å². The molecule has 6 nitrogen and oxygen atoms in total. The smallest absolute Gasteiger partial charge is 0.378 e. The molecule has 2 aromatic rings. The Hall–Kier alpha value is -1.47. The second kappa shape index (κ2) is 5.24. The first-order chi connectivity index (χ1) is 8.20. The van der Waals surface area contributed by atoms with Gasteiger partial charge >= 0.3 is 5.97 Å². The Morgan fingerprint density at radius 2 is 2.41 bits per heavy atom. The van der Waals surface area contributed by atoms with E-state index in [4.69, 9.17) is 16.3 Å². The van der Waals surface area contributed by atoms with E-state index in [1.54, 1.807) is 13.0 Å². The summed E-state index contributed by atoms with van der Waals surface area (Å²) >= 11 is 7.24. The maximum Gasteiger partial charge on any atom is 0.378 e. The number of aromatic nitrogens is 4. The minimum absolute atomic E-state index is 0.0939. The fourth-order valence-electron chi connectivity index (χ4n) is 1.24. The molecule has 0 bridgehead atoms. The van der Waals surface area contributed by atoms with Crippen molar-refractivity contribution in [2.45, 2.75) is 13.5 Å². The molecule has 0 saturated heterocycles. The SMILES string of the molecule is CCOC(=O)c1nnnn1Cc1ccc(Cl)s1. The standard InChI is InChI=1S/C9H9ClN4O2S/c1-2-16-9(15)8-11-12-13-14(8)5-6-3-4-7(10)17-6/h3-4H,2,5H2,1H3. The summed E-state index contributed by atoms with van der Waals surface area (Å²) in [7, 11) is 0. The molecule has 0 aliphatic rings. The number of hydrogen-bond donors (Lipinski definition) is 0. The van der Waals surface area contributed by atoms with E-state index in [9.17, 15) is 4.79 Å². The molecule has 0 atom stereocenters. The predicted octanol–water partition coefficient (Wildman–Crippen LogP) is 1.61. The molecule has 90 valence electrons. The number of ether oxygens (including phenoxy) is 1. The molecule has 0 aliphatic carbocycles. The number of nitrogens with zero attached hydrogens (tertiary/aromatic N) is 4. The van der Waals surface area contributed by atoms with Crippen molar-refractivity contribution in [1.29, 1.82) is 0 Å². The highest BCUT2D eigenvalue weighted by Gasteiger charge is 2.17. The largest absolute Gasteiger partial charge is 0.460 e. The summed E-state index contributed by atoms with van der Waals surface area (Å²) in [5.41, 5.74) is 0. The summed E-state index contributed by atoms with van der Waals surface area (Å²) in [6.45, 7) is 2.42. The van der Waals surface area contributed by atoms with E-state index in [-0.39, 0.29) is 12.4 Å². The van der Waals surface area contributed by atoms with Crippen LogP contribution in [0, 0.1) is 0 Å². The molecular weight excluding hydrogens is 264 g/mol. The van der Waals surface area contributed by atoms with Crippen LogP contribution in [0.15, 0.2) is 12.1 Å². The van der Waals surface area contributed by atoms with Crippen LogP contribution in [0.4, 0.5) is 0 Å². The normalized spacial score (nSPS) is 10.5. The zero-order valence-corrected chi connectivity index (χ0v) is 10.5. The summed E-state index contributed by atoms with van der Waals surface area (Å²) in [6, 6.07) is 3.65. The van der Waals surface area contributed by atoms with E-state index in [1.165, 1.54) is 16.0 Å². The van der Waals surface area contributed by atoms with E-state index in [0.29, 0.717) is 10.9 Å². The van der Waals surface area contributed by atoms with Crippen molar-refractivity contribution in [1.82, 2.24) is 20.2 Å². The molecule has 2 heterocycles. The van der Waals surface area contributed by atoms with Gasteiger partial charge in [0.15, 0.2) is 0 Å². The molecule has 17 heavy (non-hydrogen) atoms. The Bertz CT molecular complexity index is 525. The minimum atomic E-state index is -0.528. The van der Waals surface area contributed by atoms with E-state index >= 15 is 0 Å². The Kier molecular flexibility index (Phi) is 3.70. The van der Waals surface area contributed by atoms with Crippen LogP contribution in [-0.2, 0) is 11.3 Å². The van der Waals surface area contributed by atoms with Crippen molar-refractivity contribution in [2.24, 2.45) is 0 Å². The van der Waals surface area contributed by atoms with Crippen LogP contribution in [0.2, 0.25) is 4.34 Å². The van der Waals surface area contributed by atoms with Crippen molar-refractivity contribution in [3.63, 3.8) is 0 Å². The molecule has 0 radical (unpaired) electrons. The number of hydrogen-bond acceptors (Lipinski definition) is 6. The van der Waals surface area contributed by atoms with Crippen molar-refractivity contribution in [3.8, 4) is 0 Å². The third-order valence-electron chi connectivity index (χ3n) is 1.92. The fraction of sp³-hybridized carbons (Fsp3) is 0.333. The van der Waals surface area contributed by atoms with Crippen LogP contribution in [0.5, 0.6) is 0 Å². The first-order valence-electron chi connectivity index (χ1n) is 4.88. The number of carbonyl (C=O) groups excluding carboxylic acids is 1. The van der Waals surface area contributed by atoms with E-state index in [2.05, 4.69) is 15.5 Å². The highest BCUT2D eigenvalue weighted by atomic mass is 35.5. The van der Waals surface area contributed by atoms with Gasteiger partial charge in [0.05, 0.1) is 17.5 Å². The maximum absolute atomic E-state index is 11.5. The van der Waals surface area contributed by atoms with Gasteiger partial charge in [-0.2, -0.15) is 0 Å². The van der Waals surface area contributed by atoms with Crippen molar-refractivity contribution in [3.05, 3.63) is 27.2 Å². The van der Waals surface area contributed by atoms with Gasteiger partial charge in [-0.25, -0.2) is 9.48 Å². The third kappa shape index (κ3) is 2.80. The highest BCUT2D eigenvalue weighted by molar-refractivity contribution is 7.16. The minimum Gasteiger partial charge on any atom is -0.460 e. The molecule has 0 aliphatic heterocycles. The average Bonchev–Trinajstić information content (AvgIpc) is 2.89. The molecule has 0 aromatic carbocycles. The topological polar surface area (TPSA) is 69.9 Å². The molecule has 0 amide bonds. The van der Waals surface area contributed by atoms with Gasteiger partial charge in [-0.15, -0.1) is 16.4 Å². The monoisotopic (exact) mass is 272 g/mol. The summed E-state index contributed by atoms with van der Waals surface area (Å²) in [4.78, 5) is 12.5. The van der Waals surface area contributed by atoms with Gasteiger partial charge in [-0.3, -0.25) is 0 Å². The second-order valence-corrected chi connectivity index (χ2v) is 4.89. The predicted molar refractivity (Wildman–Crippen MR) is 62.2 cm³/mol. The Morgan fingerprint density at radius 1 is 1.59 bits per heavy atom. The summed E-state index contributed by atoms with van der Waals surface area (Å²) < 4.78 is 6.92. The highest BCUT2D eigenvalue weighted by Crippen LogP contribution is 2.22. The lowest BCUT2D eigenvalue weighted by atomic mass is 10.4. The average molecular weight is 273 g/mol. The molecule has 0 fully saturated rings. The molecule has 8 heteroatoms. The molecule has 0 unspecified atom stereocenters. The summed E-state index contributed by atoms with van der Waals surface area (Å²) in [5, 5.41) is 10.8. The number of esters is 1. The van der Waals surface area contributed by atoms with Crippen molar-refractivity contribution in [2.75, 3.05) is 6.61 Å². The maximum atomic E-state index is 11.5. The van der Waals surface area contributed by atoms with E-state index in [0.717, 1.165) is 4.88 Å². The molecule has 0 spiro atoms. The van der Waals surface area contributed by atoms with Crippen LogP contribution in [0.25, 0.3) is 0 Å². The lowest BCUT2D eigenvalue weighted by molar-refractivity contribution is 0.0505. The van der Waals surface area contributed by atoms with Crippen LogP contribution in [-0.4, -0.2) is 32.8 Å². The second-order valence-electron chi connectivity index (χ2n) is 3.09. The molecule has 2 rings (SSSR count). The number of thiophene rings is 1. The Labute approximate surface area is 106 Å². The van der Waals surface area contributed by atoms with Crippen LogP contribution < -0.4 is 0 Å². The van der Waals surface area contributed by atoms with E-state index < -0.39 is 5.97 Å². The number of rotatable bonds is 4. The van der Waals surface area contributed by atoms with Gasteiger partial charge in [0.2, 0.25) is 0 Å². The van der Waals surface area contributed by atoms with Gasteiger partial charge in [-0.05, 0) is 29.5 Å². The number of carbonyl (C=O) groups is 1. The number of tetrazole rings is 1. The first kappa shape index (κ1) is 12.0. The fourth-order valence-corrected chi connectivity index (χ4v) is 2.31. The molecule has 2 aromatic heterocycles. The van der Waals surface area contributed by atoms with Gasteiger partial charge in [0.25, 0.3) is 5.82 Å². The van der Waals surface area contributed by atoms with Gasteiger partial charge in [0, 0.05) is 4.88 Å². The quantitative estimate of drug-likeness (QED) is 0.791. The summed E-state index contributed by atoms with van der Waals surface area (Å²) in [6.07, 6.45) is 0. The van der Waals surface area contributed by atoms with Crippen LogP contribution >= 0.6 is 22.9 Å². The molecule has 0 N–H and O–H groups in total. The molecular formula is C9H9ClN4O2S. The Morgan fingerprint density at radius 3 is 3.06 bits per heavy atom. The van der Waals surface area contributed by atoms with Crippen molar-refractivity contribution < 1.29 is 9.53 Å². The van der Waals surface area contributed by atoms with Crippen LogP contribution in [0.3, 0.4) is 0 Å². The van der Waals surface area contributed by atoms with Gasteiger partial charge in [0.1, 0.15) is 0 Å². The lowest BCUT2D eigenvalue weighted by Gasteiger charge is -2.02. The first-order valence-corrected chi connectivity index (χ1v) is 6.07. The number of halogens is 1. The lowest BCUT2D eigenvalue weighted by Crippen LogP contribution is -2.14.